The number of piperidine rings is 1. The van der Waals surface area contributed by atoms with Gasteiger partial charge in [-0.2, -0.15) is 0 Å². The highest BCUT2D eigenvalue weighted by molar-refractivity contribution is 5.82. The molecule has 0 aliphatic carbocycles. The van der Waals surface area contributed by atoms with E-state index in [1.165, 1.54) is 11.1 Å². The minimum Gasteiger partial charge on any atom is -0.493 e. The Balaban J connectivity index is 1.51. The van der Waals surface area contributed by atoms with Crippen LogP contribution in [0.5, 0.6) is 5.75 Å². The number of hydrogen-bond acceptors (Lipinski definition) is 3. The first-order valence-corrected chi connectivity index (χ1v) is 7.08. The Hall–Kier alpha value is -1.55. The third-order valence-electron chi connectivity index (χ3n) is 3.84. The van der Waals surface area contributed by atoms with Gasteiger partial charge in [0.05, 0.1) is 12.6 Å². The zero-order valence-electron chi connectivity index (χ0n) is 11.1. The monoisotopic (exact) mass is 260 g/mol. The summed E-state index contributed by atoms with van der Waals surface area (Å²) in [6, 6.07) is 6.40. The lowest BCUT2D eigenvalue weighted by atomic mass is 10.0. The van der Waals surface area contributed by atoms with Crippen LogP contribution in [0.2, 0.25) is 0 Å². The molecule has 1 unspecified atom stereocenters. The largest absolute Gasteiger partial charge is 0.493 e. The standard InChI is InChI=1S/C15H20N2O2/c18-15-13(2-1-7-17-15)16-8-5-11-3-4-14-12(10-11)6-9-19-14/h3-4,10,13,16H,1-2,5-9H2,(H,17,18). The molecule has 102 valence electrons. The predicted molar refractivity (Wildman–Crippen MR) is 73.4 cm³/mol. The van der Waals surface area contributed by atoms with E-state index in [1.807, 2.05) is 0 Å². The van der Waals surface area contributed by atoms with Crippen LogP contribution in [0, 0.1) is 0 Å². The number of fused-ring (bicyclic) bond motifs is 1. The van der Waals surface area contributed by atoms with Crippen LogP contribution in [0.1, 0.15) is 24.0 Å². The highest BCUT2D eigenvalue weighted by Crippen LogP contribution is 2.25. The Labute approximate surface area is 113 Å². The van der Waals surface area contributed by atoms with Gasteiger partial charge in [0.1, 0.15) is 5.75 Å². The highest BCUT2D eigenvalue weighted by Gasteiger charge is 2.20. The van der Waals surface area contributed by atoms with Crippen molar-refractivity contribution in [3.8, 4) is 5.75 Å². The molecule has 2 aliphatic heterocycles. The lowest BCUT2D eigenvalue weighted by molar-refractivity contribution is -0.124. The first-order valence-electron chi connectivity index (χ1n) is 7.08. The second kappa shape index (κ2) is 5.61. The quantitative estimate of drug-likeness (QED) is 0.850. The maximum Gasteiger partial charge on any atom is 0.237 e. The van der Waals surface area contributed by atoms with Gasteiger partial charge in [-0.3, -0.25) is 4.79 Å². The molecule has 2 aliphatic rings. The molecule has 0 bridgehead atoms. The van der Waals surface area contributed by atoms with Gasteiger partial charge in [0, 0.05) is 13.0 Å². The van der Waals surface area contributed by atoms with Gasteiger partial charge < -0.3 is 15.4 Å². The minimum atomic E-state index is -0.00786. The zero-order valence-corrected chi connectivity index (χ0v) is 11.1. The van der Waals surface area contributed by atoms with Crippen molar-refractivity contribution in [3.05, 3.63) is 29.3 Å². The zero-order chi connectivity index (χ0) is 13.1. The summed E-state index contributed by atoms with van der Waals surface area (Å²) in [5, 5.41) is 6.24. The number of nitrogens with one attached hydrogen (secondary N) is 2. The van der Waals surface area contributed by atoms with E-state index < -0.39 is 0 Å². The lowest BCUT2D eigenvalue weighted by Crippen LogP contribution is -2.48. The van der Waals surface area contributed by atoms with Crippen molar-refractivity contribution in [3.63, 3.8) is 0 Å². The van der Waals surface area contributed by atoms with Crippen molar-refractivity contribution in [1.82, 2.24) is 10.6 Å². The average molecular weight is 260 g/mol. The molecule has 4 heteroatoms. The number of carbonyl (C=O) groups is 1. The van der Waals surface area contributed by atoms with Crippen LogP contribution >= 0.6 is 0 Å². The molecule has 19 heavy (non-hydrogen) atoms. The minimum absolute atomic E-state index is 0.00786. The molecule has 1 amide bonds. The summed E-state index contributed by atoms with van der Waals surface area (Å²) in [6.07, 6.45) is 3.99. The van der Waals surface area contributed by atoms with Gasteiger partial charge in [0.2, 0.25) is 5.91 Å². The molecule has 0 saturated carbocycles. The summed E-state index contributed by atoms with van der Waals surface area (Å²) in [6.45, 7) is 2.47. The molecular formula is C15H20N2O2. The number of ether oxygens (including phenoxy) is 1. The molecule has 1 aromatic carbocycles. The number of rotatable bonds is 4. The molecule has 0 spiro atoms. The molecule has 1 saturated heterocycles. The summed E-state index contributed by atoms with van der Waals surface area (Å²) in [5.41, 5.74) is 2.63. The number of carbonyl (C=O) groups excluding carboxylic acids is 1. The summed E-state index contributed by atoms with van der Waals surface area (Å²) >= 11 is 0. The van der Waals surface area contributed by atoms with E-state index in [0.717, 1.165) is 51.1 Å². The van der Waals surface area contributed by atoms with Crippen LogP contribution in [-0.4, -0.2) is 31.6 Å². The van der Waals surface area contributed by atoms with Crippen molar-refractivity contribution in [2.24, 2.45) is 0 Å². The lowest BCUT2D eigenvalue weighted by Gasteiger charge is -2.22. The van der Waals surface area contributed by atoms with E-state index in [-0.39, 0.29) is 11.9 Å². The maximum atomic E-state index is 11.6. The third-order valence-corrected chi connectivity index (χ3v) is 3.84. The van der Waals surface area contributed by atoms with E-state index in [0.29, 0.717) is 0 Å². The fourth-order valence-electron chi connectivity index (χ4n) is 2.75. The van der Waals surface area contributed by atoms with Gasteiger partial charge in [-0.05, 0) is 43.0 Å². The molecule has 0 radical (unpaired) electrons. The number of amides is 1. The van der Waals surface area contributed by atoms with E-state index in [2.05, 4.69) is 28.8 Å². The van der Waals surface area contributed by atoms with Crippen LogP contribution in [0.15, 0.2) is 18.2 Å². The Bertz CT molecular complexity index is 473. The third kappa shape index (κ3) is 2.89. The Morgan fingerprint density at radius 1 is 1.42 bits per heavy atom. The smallest absolute Gasteiger partial charge is 0.237 e. The second-order valence-electron chi connectivity index (χ2n) is 5.23. The second-order valence-corrected chi connectivity index (χ2v) is 5.23. The van der Waals surface area contributed by atoms with Crippen LogP contribution < -0.4 is 15.4 Å². The molecule has 2 heterocycles. The van der Waals surface area contributed by atoms with E-state index in [4.69, 9.17) is 4.74 Å². The molecule has 3 rings (SSSR count). The predicted octanol–water partition coefficient (Wildman–Crippen LogP) is 1.03. The van der Waals surface area contributed by atoms with Gasteiger partial charge in [0.25, 0.3) is 0 Å². The molecular weight excluding hydrogens is 240 g/mol. The summed E-state index contributed by atoms with van der Waals surface area (Å²) < 4.78 is 5.50. The Kier molecular flexibility index (Phi) is 3.69. The Morgan fingerprint density at radius 3 is 3.26 bits per heavy atom. The van der Waals surface area contributed by atoms with E-state index in [9.17, 15) is 4.79 Å². The SMILES string of the molecule is O=C1NCCCC1NCCc1ccc2c(c1)CCO2. The molecule has 1 atom stereocenters. The summed E-state index contributed by atoms with van der Waals surface area (Å²) in [5.74, 6) is 1.18. The molecule has 2 N–H and O–H groups in total. The topological polar surface area (TPSA) is 50.4 Å². The first-order chi connectivity index (χ1) is 9.33. The number of benzene rings is 1. The van der Waals surface area contributed by atoms with Crippen molar-refractivity contribution < 1.29 is 9.53 Å². The molecule has 0 aromatic heterocycles. The van der Waals surface area contributed by atoms with E-state index in [1.54, 1.807) is 0 Å². The van der Waals surface area contributed by atoms with Crippen molar-refractivity contribution >= 4 is 5.91 Å². The molecule has 1 fully saturated rings. The maximum absolute atomic E-state index is 11.6. The normalized spacial score (nSPS) is 21.7. The fourth-order valence-corrected chi connectivity index (χ4v) is 2.75. The van der Waals surface area contributed by atoms with Gasteiger partial charge in [-0.25, -0.2) is 0 Å². The Morgan fingerprint density at radius 2 is 2.37 bits per heavy atom. The summed E-state index contributed by atoms with van der Waals surface area (Å²) in [4.78, 5) is 11.6. The van der Waals surface area contributed by atoms with Crippen molar-refractivity contribution in [2.45, 2.75) is 31.7 Å². The fraction of sp³-hybridized carbons (Fsp3) is 0.533. The first kappa shape index (κ1) is 12.5. The van der Waals surface area contributed by atoms with Crippen LogP contribution in [-0.2, 0) is 17.6 Å². The molecule has 4 nitrogen and oxygen atoms in total. The van der Waals surface area contributed by atoms with Gasteiger partial charge in [-0.1, -0.05) is 12.1 Å². The van der Waals surface area contributed by atoms with Gasteiger partial charge >= 0.3 is 0 Å². The number of hydrogen-bond donors (Lipinski definition) is 2. The average Bonchev–Trinajstić information content (AvgIpc) is 2.88. The van der Waals surface area contributed by atoms with Gasteiger partial charge in [-0.15, -0.1) is 0 Å². The van der Waals surface area contributed by atoms with Crippen molar-refractivity contribution in [1.29, 1.82) is 0 Å². The van der Waals surface area contributed by atoms with Crippen LogP contribution in [0.4, 0.5) is 0 Å². The van der Waals surface area contributed by atoms with Crippen LogP contribution in [0.3, 0.4) is 0 Å². The molecule has 1 aromatic rings. The van der Waals surface area contributed by atoms with E-state index >= 15 is 0 Å². The summed E-state index contributed by atoms with van der Waals surface area (Å²) in [7, 11) is 0. The highest BCUT2D eigenvalue weighted by atomic mass is 16.5. The van der Waals surface area contributed by atoms with Crippen molar-refractivity contribution in [2.75, 3.05) is 19.7 Å². The van der Waals surface area contributed by atoms with Gasteiger partial charge in [0.15, 0.2) is 0 Å². The van der Waals surface area contributed by atoms with Crippen LogP contribution in [0.25, 0.3) is 0 Å².